The summed E-state index contributed by atoms with van der Waals surface area (Å²) in [5, 5.41) is 3.24. The van der Waals surface area contributed by atoms with Crippen LogP contribution in [0.2, 0.25) is 0 Å². The van der Waals surface area contributed by atoms with Crippen LogP contribution >= 0.6 is 11.8 Å². The molecule has 0 radical (unpaired) electrons. The molecule has 1 atom stereocenters. The van der Waals surface area contributed by atoms with Gasteiger partial charge in [-0.05, 0) is 24.0 Å². The maximum Gasteiger partial charge on any atom is 0.176 e. The maximum absolute atomic E-state index is 11.8. The molecule has 1 aromatic carbocycles. The van der Waals surface area contributed by atoms with Gasteiger partial charge >= 0.3 is 0 Å². The fraction of sp³-hybridized carbons (Fsp3) is 0.500. The lowest BCUT2D eigenvalue weighted by molar-refractivity contribution is 0.0275. The van der Waals surface area contributed by atoms with E-state index in [1.54, 1.807) is 6.07 Å². The van der Waals surface area contributed by atoms with Crippen LogP contribution in [0.15, 0.2) is 28.0 Å². The Morgan fingerprint density at radius 2 is 2.22 bits per heavy atom. The minimum Gasteiger partial charge on any atom is -0.371 e. The highest BCUT2D eigenvalue weighted by atomic mass is 32.2. The van der Waals surface area contributed by atoms with Crippen LogP contribution in [0, 0.1) is 0 Å². The summed E-state index contributed by atoms with van der Waals surface area (Å²) < 4.78 is 29.2. The standard InChI is InChI=1S/C12H17NO3S2/c1-17-11-4-3-9(7-12(11)18(2,14)15)10-8-13-5-6-16-10/h3-4,7,10,13H,5-6,8H2,1-2H3. The molecule has 0 spiro atoms. The second kappa shape index (κ2) is 5.61. The van der Waals surface area contributed by atoms with Gasteiger partial charge in [0, 0.05) is 24.2 Å². The van der Waals surface area contributed by atoms with Gasteiger partial charge in [0.25, 0.3) is 0 Å². The number of nitrogens with one attached hydrogen (secondary N) is 1. The number of thioether (sulfide) groups is 1. The largest absolute Gasteiger partial charge is 0.371 e. The third-order valence-electron chi connectivity index (χ3n) is 2.89. The summed E-state index contributed by atoms with van der Waals surface area (Å²) in [7, 11) is -3.20. The normalized spacial score (nSPS) is 20.9. The molecular weight excluding hydrogens is 270 g/mol. The zero-order valence-electron chi connectivity index (χ0n) is 10.5. The molecule has 0 aromatic heterocycles. The number of hydrogen-bond donors (Lipinski definition) is 1. The number of hydrogen-bond acceptors (Lipinski definition) is 5. The van der Waals surface area contributed by atoms with E-state index in [1.165, 1.54) is 18.0 Å². The van der Waals surface area contributed by atoms with Crippen molar-refractivity contribution in [2.24, 2.45) is 0 Å². The van der Waals surface area contributed by atoms with Gasteiger partial charge in [-0.15, -0.1) is 11.8 Å². The summed E-state index contributed by atoms with van der Waals surface area (Å²) in [4.78, 5) is 1.17. The number of morpholine rings is 1. The predicted octanol–water partition coefficient (Wildman–Crippen LogP) is 1.47. The molecule has 0 amide bonds. The Morgan fingerprint density at radius 1 is 1.44 bits per heavy atom. The Balaban J connectivity index is 2.39. The summed E-state index contributed by atoms with van der Waals surface area (Å²) in [6.45, 7) is 2.23. The first kappa shape index (κ1) is 13.9. The molecule has 6 heteroatoms. The lowest BCUT2D eigenvalue weighted by Crippen LogP contribution is -2.33. The molecule has 1 fully saturated rings. The molecule has 1 N–H and O–H groups in total. The number of ether oxygens (including phenoxy) is 1. The molecule has 0 bridgehead atoms. The molecule has 1 aliphatic rings. The SMILES string of the molecule is CSc1ccc(C2CNCCO2)cc1S(C)(=O)=O. The molecule has 18 heavy (non-hydrogen) atoms. The van der Waals surface area contributed by atoms with Crippen LogP contribution in [0.3, 0.4) is 0 Å². The summed E-state index contributed by atoms with van der Waals surface area (Å²) >= 11 is 1.44. The van der Waals surface area contributed by atoms with Crippen LogP contribution in [0.4, 0.5) is 0 Å². The quantitative estimate of drug-likeness (QED) is 0.853. The van der Waals surface area contributed by atoms with Crippen molar-refractivity contribution in [3.8, 4) is 0 Å². The fourth-order valence-corrected chi connectivity index (χ4v) is 3.91. The van der Waals surface area contributed by atoms with Gasteiger partial charge in [-0.1, -0.05) is 6.07 Å². The molecule has 4 nitrogen and oxygen atoms in total. The van der Waals surface area contributed by atoms with Crippen LogP contribution in [-0.4, -0.2) is 40.6 Å². The Kier molecular flexibility index (Phi) is 4.32. The minimum atomic E-state index is -3.20. The molecule has 100 valence electrons. The molecule has 0 aliphatic carbocycles. The Hall–Kier alpha value is -0.560. The van der Waals surface area contributed by atoms with E-state index in [9.17, 15) is 8.42 Å². The van der Waals surface area contributed by atoms with Crippen molar-refractivity contribution in [3.05, 3.63) is 23.8 Å². The smallest absolute Gasteiger partial charge is 0.176 e. The van der Waals surface area contributed by atoms with E-state index < -0.39 is 9.84 Å². The first-order valence-corrected chi connectivity index (χ1v) is 8.84. The molecule has 1 unspecified atom stereocenters. The van der Waals surface area contributed by atoms with Gasteiger partial charge in [0.15, 0.2) is 9.84 Å². The molecular formula is C12H17NO3S2. The predicted molar refractivity (Wildman–Crippen MR) is 72.9 cm³/mol. The highest BCUT2D eigenvalue weighted by molar-refractivity contribution is 7.99. The van der Waals surface area contributed by atoms with Gasteiger partial charge in [0.05, 0.1) is 17.6 Å². The number of rotatable bonds is 3. The topological polar surface area (TPSA) is 55.4 Å². The first-order valence-electron chi connectivity index (χ1n) is 5.72. The van der Waals surface area contributed by atoms with E-state index in [4.69, 9.17) is 4.74 Å². The Bertz CT molecular complexity index is 522. The van der Waals surface area contributed by atoms with Gasteiger partial charge in [-0.25, -0.2) is 8.42 Å². The van der Waals surface area contributed by atoms with Crippen LogP contribution < -0.4 is 5.32 Å². The molecule has 0 saturated carbocycles. The van der Waals surface area contributed by atoms with E-state index in [1.807, 2.05) is 18.4 Å². The van der Waals surface area contributed by atoms with Gasteiger partial charge in [0.2, 0.25) is 0 Å². The summed E-state index contributed by atoms with van der Waals surface area (Å²) in [6, 6.07) is 5.53. The van der Waals surface area contributed by atoms with Crippen molar-refractivity contribution in [2.45, 2.75) is 15.9 Å². The van der Waals surface area contributed by atoms with Crippen LogP contribution in [0.1, 0.15) is 11.7 Å². The van der Waals surface area contributed by atoms with Crippen molar-refractivity contribution in [1.82, 2.24) is 5.32 Å². The number of sulfone groups is 1. The first-order chi connectivity index (χ1) is 8.52. The Labute approximate surface area is 112 Å². The van der Waals surface area contributed by atoms with E-state index in [2.05, 4.69) is 5.32 Å². The average Bonchev–Trinajstić information content (AvgIpc) is 2.38. The molecule has 1 aromatic rings. The molecule has 1 aliphatic heterocycles. The minimum absolute atomic E-state index is 0.0600. The molecule has 1 saturated heterocycles. The fourth-order valence-electron chi connectivity index (χ4n) is 1.96. The monoisotopic (exact) mass is 287 g/mol. The third-order valence-corrected chi connectivity index (χ3v) is 4.95. The van der Waals surface area contributed by atoms with Crippen molar-refractivity contribution in [1.29, 1.82) is 0 Å². The van der Waals surface area contributed by atoms with Crippen LogP contribution in [0.25, 0.3) is 0 Å². The van der Waals surface area contributed by atoms with E-state index in [-0.39, 0.29) is 6.10 Å². The van der Waals surface area contributed by atoms with Gasteiger partial charge in [-0.3, -0.25) is 0 Å². The summed E-state index contributed by atoms with van der Waals surface area (Å²) in [5.74, 6) is 0. The van der Waals surface area contributed by atoms with Crippen molar-refractivity contribution >= 4 is 21.6 Å². The van der Waals surface area contributed by atoms with Crippen molar-refractivity contribution in [2.75, 3.05) is 32.2 Å². The number of benzene rings is 1. The highest BCUT2D eigenvalue weighted by Crippen LogP contribution is 2.29. The highest BCUT2D eigenvalue weighted by Gasteiger charge is 2.20. The lowest BCUT2D eigenvalue weighted by atomic mass is 10.1. The summed E-state index contributed by atoms with van der Waals surface area (Å²) in [6.07, 6.45) is 3.06. The van der Waals surface area contributed by atoms with E-state index in [0.717, 1.165) is 23.5 Å². The van der Waals surface area contributed by atoms with Crippen molar-refractivity contribution < 1.29 is 13.2 Å². The third kappa shape index (κ3) is 3.06. The molecule has 1 heterocycles. The van der Waals surface area contributed by atoms with Gasteiger partial charge in [0.1, 0.15) is 0 Å². The zero-order valence-corrected chi connectivity index (χ0v) is 12.1. The lowest BCUT2D eigenvalue weighted by Gasteiger charge is -2.24. The average molecular weight is 287 g/mol. The molecule has 2 rings (SSSR count). The maximum atomic E-state index is 11.8. The van der Waals surface area contributed by atoms with Crippen LogP contribution in [-0.2, 0) is 14.6 Å². The van der Waals surface area contributed by atoms with E-state index >= 15 is 0 Å². The Morgan fingerprint density at radius 3 is 2.78 bits per heavy atom. The second-order valence-corrected chi connectivity index (χ2v) is 7.08. The van der Waals surface area contributed by atoms with Gasteiger partial charge in [-0.2, -0.15) is 0 Å². The van der Waals surface area contributed by atoms with Crippen molar-refractivity contribution in [3.63, 3.8) is 0 Å². The van der Waals surface area contributed by atoms with Gasteiger partial charge < -0.3 is 10.1 Å². The summed E-state index contributed by atoms with van der Waals surface area (Å²) in [5.41, 5.74) is 0.917. The zero-order chi connectivity index (χ0) is 13.2. The van der Waals surface area contributed by atoms with Crippen LogP contribution in [0.5, 0.6) is 0 Å². The van der Waals surface area contributed by atoms with E-state index in [0.29, 0.717) is 11.5 Å². The second-order valence-electron chi connectivity index (χ2n) is 4.25.